The molecule has 0 aliphatic rings. The highest BCUT2D eigenvalue weighted by atomic mass is 16.2. The first-order valence-corrected chi connectivity index (χ1v) is 7.11. The summed E-state index contributed by atoms with van der Waals surface area (Å²) in [7, 11) is 0. The van der Waals surface area contributed by atoms with Crippen LogP contribution in [0.2, 0.25) is 0 Å². The average molecular weight is 286 g/mol. The second-order valence-corrected chi connectivity index (χ2v) is 5.17. The van der Waals surface area contributed by atoms with Crippen molar-refractivity contribution >= 4 is 17.3 Å². The number of aryl methyl sites for hydroxylation is 2. The SMILES string of the molecule is CCN(C(=O)Cn1nc(C)c(N)c1C)c1ccccc1C. The predicted octanol–water partition coefficient (Wildman–Crippen LogP) is 2.44. The number of hydrogen-bond acceptors (Lipinski definition) is 3. The first kappa shape index (κ1) is 15.1. The summed E-state index contributed by atoms with van der Waals surface area (Å²) in [5, 5.41) is 4.33. The highest BCUT2D eigenvalue weighted by Crippen LogP contribution is 2.20. The number of nitrogens with two attached hydrogens (primary N) is 1. The lowest BCUT2D eigenvalue weighted by atomic mass is 10.2. The monoisotopic (exact) mass is 286 g/mol. The van der Waals surface area contributed by atoms with Crippen molar-refractivity contribution in [3.63, 3.8) is 0 Å². The van der Waals surface area contributed by atoms with Gasteiger partial charge >= 0.3 is 0 Å². The molecule has 0 aliphatic heterocycles. The topological polar surface area (TPSA) is 64.2 Å². The molecule has 1 aromatic heterocycles. The summed E-state index contributed by atoms with van der Waals surface area (Å²) in [5.74, 6) is 0.0115. The minimum atomic E-state index is 0.0115. The Labute approximate surface area is 125 Å². The van der Waals surface area contributed by atoms with Gasteiger partial charge in [0.25, 0.3) is 0 Å². The van der Waals surface area contributed by atoms with Gasteiger partial charge in [0.05, 0.1) is 17.1 Å². The molecule has 112 valence electrons. The van der Waals surface area contributed by atoms with Crippen molar-refractivity contribution in [1.82, 2.24) is 9.78 Å². The summed E-state index contributed by atoms with van der Waals surface area (Å²) < 4.78 is 1.67. The number of nitrogen functional groups attached to an aromatic ring is 1. The van der Waals surface area contributed by atoms with E-state index in [-0.39, 0.29) is 12.5 Å². The number of nitrogens with zero attached hydrogens (tertiary/aromatic N) is 3. The van der Waals surface area contributed by atoms with E-state index in [9.17, 15) is 4.79 Å². The molecule has 2 aromatic rings. The Morgan fingerprint density at radius 1 is 1.29 bits per heavy atom. The molecule has 0 unspecified atom stereocenters. The van der Waals surface area contributed by atoms with Crippen molar-refractivity contribution in [2.75, 3.05) is 17.2 Å². The fourth-order valence-corrected chi connectivity index (χ4v) is 2.43. The molecule has 0 saturated heterocycles. The average Bonchev–Trinajstić information content (AvgIpc) is 2.69. The fourth-order valence-electron chi connectivity index (χ4n) is 2.43. The summed E-state index contributed by atoms with van der Waals surface area (Å²) in [6, 6.07) is 7.89. The Balaban J connectivity index is 2.25. The van der Waals surface area contributed by atoms with Gasteiger partial charge in [0, 0.05) is 12.2 Å². The van der Waals surface area contributed by atoms with Crippen molar-refractivity contribution in [1.29, 1.82) is 0 Å². The quantitative estimate of drug-likeness (QED) is 0.939. The predicted molar refractivity (Wildman–Crippen MR) is 85.3 cm³/mol. The van der Waals surface area contributed by atoms with E-state index < -0.39 is 0 Å². The molecular weight excluding hydrogens is 264 g/mol. The summed E-state index contributed by atoms with van der Waals surface area (Å²) >= 11 is 0. The minimum absolute atomic E-state index is 0.0115. The van der Waals surface area contributed by atoms with E-state index in [4.69, 9.17) is 5.73 Å². The molecule has 0 fully saturated rings. The molecule has 5 nitrogen and oxygen atoms in total. The van der Waals surface area contributed by atoms with Crippen LogP contribution in [0.1, 0.15) is 23.9 Å². The summed E-state index contributed by atoms with van der Waals surface area (Å²) in [4.78, 5) is 14.4. The summed E-state index contributed by atoms with van der Waals surface area (Å²) in [5.41, 5.74) is 10.2. The normalized spacial score (nSPS) is 10.7. The Morgan fingerprint density at radius 3 is 2.48 bits per heavy atom. The molecular formula is C16H22N4O. The molecule has 0 saturated carbocycles. The van der Waals surface area contributed by atoms with Gasteiger partial charge in [0.1, 0.15) is 6.54 Å². The van der Waals surface area contributed by atoms with Crippen LogP contribution in [0.25, 0.3) is 0 Å². The second-order valence-electron chi connectivity index (χ2n) is 5.17. The van der Waals surface area contributed by atoms with Crippen LogP contribution in [0.15, 0.2) is 24.3 Å². The minimum Gasteiger partial charge on any atom is -0.396 e. The zero-order chi connectivity index (χ0) is 15.6. The van der Waals surface area contributed by atoms with Crippen molar-refractivity contribution in [3.8, 4) is 0 Å². The van der Waals surface area contributed by atoms with E-state index in [0.29, 0.717) is 12.2 Å². The first-order valence-electron chi connectivity index (χ1n) is 7.11. The van der Waals surface area contributed by atoms with Gasteiger partial charge in [0.15, 0.2) is 0 Å². The molecule has 0 spiro atoms. The van der Waals surface area contributed by atoms with Gasteiger partial charge in [-0.05, 0) is 39.3 Å². The molecule has 2 rings (SSSR count). The Morgan fingerprint density at radius 2 is 1.95 bits per heavy atom. The molecule has 0 radical (unpaired) electrons. The van der Waals surface area contributed by atoms with Gasteiger partial charge in [-0.15, -0.1) is 0 Å². The lowest BCUT2D eigenvalue weighted by Gasteiger charge is -2.23. The Kier molecular flexibility index (Phi) is 4.31. The number of benzene rings is 1. The van der Waals surface area contributed by atoms with E-state index in [1.165, 1.54) is 0 Å². The third-order valence-electron chi connectivity index (χ3n) is 3.75. The van der Waals surface area contributed by atoms with E-state index in [1.54, 1.807) is 9.58 Å². The lowest BCUT2D eigenvalue weighted by molar-refractivity contribution is -0.119. The number of likely N-dealkylation sites (N-methyl/N-ethyl adjacent to an activating group) is 1. The number of carbonyl (C=O) groups is 1. The molecule has 0 atom stereocenters. The van der Waals surface area contributed by atoms with Crippen molar-refractivity contribution in [2.24, 2.45) is 0 Å². The van der Waals surface area contributed by atoms with Gasteiger partial charge in [-0.2, -0.15) is 5.10 Å². The molecule has 1 heterocycles. The van der Waals surface area contributed by atoms with Gasteiger partial charge < -0.3 is 10.6 Å². The van der Waals surface area contributed by atoms with Gasteiger partial charge in [-0.25, -0.2) is 0 Å². The van der Waals surface area contributed by atoms with Crippen LogP contribution in [0.3, 0.4) is 0 Å². The Hall–Kier alpha value is -2.30. The number of carbonyl (C=O) groups excluding carboxylic acids is 1. The van der Waals surface area contributed by atoms with Gasteiger partial charge in [-0.1, -0.05) is 18.2 Å². The van der Waals surface area contributed by atoms with Crippen LogP contribution in [0.4, 0.5) is 11.4 Å². The maximum Gasteiger partial charge on any atom is 0.248 e. The summed E-state index contributed by atoms with van der Waals surface area (Å²) in [6.45, 7) is 8.53. The highest BCUT2D eigenvalue weighted by molar-refractivity contribution is 5.93. The zero-order valence-corrected chi connectivity index (χ0v) is 13.1. The molecule has 0 bridgehead atoms. The lowest BCUT2D eigenvalue weighted by Crippen LogP contribution is -2.34. The van der Waals surface area contributed by atoms with Crippen LogP contribution >= 0.6 is 0 Å². The molecule has 1 amide bonds. The molecule has 0 aliphatic carbocycles. The molecule has 21 heavy (non-hydrogen) atoms. The third kappa shape index (κ3) is 2.91. The number of para-hydroxylation sites is 1. The van der Waals surface area contributed by atoms with Crippen molar-refractivity contribution in [3.05, 3.63) is 41.2 Å². The van der Waals surface area contributed by atoms with Crippen LogP contribution < -0.4 is 10.6 Å². The smallest absolute Gasteiger partial charge is 0.248 e. The standard InChI is InChI=1S/C16H22N4O/c1-5-19(14-9-7-6-8-11(14)2)15(21)10-20-13(4)16(17)12(3)18-20/h6-9H,5,10,17H2,1-4H3. The molecule has 5 heteroatoms. The highest BCUT2D eigenvalue weighted by Gasteiger charge is 2.18. The van der Waals surface area contributed by atoms with Crippen molar-refractivity contribution in [2.45, 2.75) is 34.2 Å². The van der Waals surface area contributed by atoms with E-state index in [0.717, 1.165) is 22.6 Å². The van der Waals surface area contributed by atoms with Gasteiger partial charge in [0.2, 0.25) is 5.91 Å². The Bertz CT molecular complexity index is 660. The van der Waals surface area contributed by atoms with Crippen molar-refractivity contribution < 1.29 is 4.79 Å². The first-order chi connectivity index (χ1) is 9.95. The number of rotatable bonds is 4. The second kappa shape index (κ2) is 5.99. The van der Waals surface area contributed by atoms with Crippen LogP contribution in [-0.4, -0.2) is 22.2 Å². The maximum atomic E-state index is 12.6. The maximum absolute atomic E-state index is 12.6. The fraction of sp³-hybridized carbons (Fsp3) is 0.375. The third-order valence-corrected chi connectivity index (χ3v) is 3.75. The number of amides is 1. The zero-order valence-electron chi connectivity index (χ0n) is 13.1. The molecule has 1 aromatic carbocycles. The largest absolute Gasteiger partial charge is 0.396 e. The van der Waals surface area contributed by atoms with Crippen LogP contribution in [0, 0.1) is 20.8 Å². The number of aromatic nitrogens is 2. The molecule has 2 N–H and O–H groups in total. The summed E-state index contributed by atoms with van der Waals surface area (Å²) in [6.07, 6.45) is 0. The number of hydrogen-bond donors (Lipinski definition) is 1. The van der Waals surface area contributed by atoms with Gasteiger partial charge in [-0.3, -0.25) is 9.48 Å². The van der Waals surface area contributed by atoms with E-state index in [2.05, 4.69) is 5.10 Å². The van der Waals surface area contributed by atoms with Crippen LogP contribution in [-0.2, 0) is 11.3 Å². The van der Waals surface area contributed by atoms with E-state index >= 15 is 0 Å². The number of anilines is 2. The van der Waals surface area contributed by atoms with Crippen LogP contribution in [0.5, 0.6) is 0 Å². The van der Waals surface area contributed by atoms with E-state index in [1.807, 2.05) is 52.0 Å².